The number of para-hydroxylation sites is 1. The van der Waals surface area contributed by atoms with Crippen molar-refractivity contribution in [1.82, 2.24) is 5.32 Å². The third kappa shape index (κ3) is 4.74. The Morgan fingerprint density at radius 1 is 1.04 bits per heavy atom. The second kappa shape index (κ2) is 8.36. The SMILES string of the molecule is CCC(NCC(O)c1ccccc1C(F)(F)F)c1ccccc1OC. The quantitative estimate of drug-likeness (QED) is 0.771. The average molecular weight is 353 g/mol. The van der Waals surface area contributed by atoms with Crippen LogP contribution in [0.5, 0.6) is 5.75 Å². The minimum atomic E-state index is -4.50. The van der Waals surface area contributed by atoms with Gasteiger partial charge >= 0.3 is 6.18 Å². The van der Waals surface area contributed by atoms with Gasteiger partial charge in [0, 0.05) is 18.2 Å². The number of halogens is 3. The van der Waals surface area contributed by atoms with Crippen molar-refractivity contribution in [3.8, 4) is 5.75 Å². The van der Waals surface area contributed by atoms with Crippen LogP contribution < -0.4 is 10.1 Å². The molecule has 0 aliphatic carbocycles. The van der Waals surface area contributed by atoms with Gasteiger partial charge in [0.05, 0.1) is 18.8 Å². The van der Waals surface area contributed by atoms with E-state index in [9.17, 15) is 18.3 Å². The summed E-state index contributed by atoms with van der Waals surface area (Å²) < 4.78 is 44.6. The van der Waals surface area contributed by atoms with E-state index >= 15 is 0 Å². The molecule has 2 atom stereocenters. The molecule has 0 saturated carbocycles. The summed E-state index contributed by atoms with van der Waals surface area (Å²) in [6.07, 6.45) is -5.06. The van der Waals surface area contributed by atoms with E-state index in [0.717, 1.165) is 11.6 Å². The van der Waals surface area contributed by atoms with Crippen LogP contribution in [0.25, 0.3) is 0 Å². The zero-order valence-electron chi connectivity index (χ0n) is 14.2. The van der Waals surface area contributed by atoms with Gasteiger partial charge in [0.1, 0.15) is 5.75 Å². The van der Waals surface area contributed by atoms with Crippen LogP contribution in [0.4, 0.5) is 13.2 Å². The highest BCUT2D eigenvalue weighted by molar-refractivity contribution is 5.36. The lowest BCUT2D eigenvalue weighted by molar-refractivity contribution is -0.139. The van der Waals surface area contributed by atoms with Gasteiger partial charge in [-0.1, -0.05) is 43.3 Å². The minimum Gasteiger partial charge on any atom is -0.496 e. The summed E-state index contributed by atoms with van der Waals surface area (Å²) in [5, 5.41) is 13.4. The van der Waals surface area contributed by atoms with Gasteiger partial charge in [-0.05, 0) is 24.1 Å². The molecular weight excluding hydrogens is 331 g/mol. The van der Waals surface area contributed by atoms with Crippen molar-refractivity contribution < 1.29 is 23.0 Å². The van der Waals surface area contributed by atoms with Crippen LogP contribution in [0.2, 0.25) is 0 Å². The van der Waals surface area contributed by atoms with Gasteiger partial charge in [-0.2, -0.15) is 13.2 Å². The Kier molecular flexibility index (Phi) is 6.45. The number of ether oxygens (including phenoxy) is 1. The highest BCUT2D eigenvalue weighted by Gasteiger charge is 2.34. The van der Waals surface area contributed by atoms with Crippen LogP contribution >= 0.6 is 0 Å². The Morgan fingerprint density at radius 2 is 1.64 bits per heavy atom. The van der Waals surface area contributed by atoms with E-state index in [1.807, 2.05) is 31.2 Å². The topological polar surface area (TPSA) is 41.5 Å². The normalized spacial score (nSPS) is 14.2. The number of benzene rings is 2. The second-order valence-electron chi connectivity index (χ2n) is 5.71. The zero-order chi connectivity index (χ0) is 18.4. The maximum atomic E-state index is 13.1. The van der Waals surface area contributed by atoms with Crippen molar-refractivity contribution >= 4 is 0 Å². The first-order valence-corrected chi connectivity index (χ1v) is 8.09. The van der Waals surface area contributed by atoms with Gasteiger partial charge in [-0.3, -0.25) is 0 Å². The summed E-state index contributed by atoms with van der Waals surface area (Å²) in [5.74, 6) is 0.701. The summed E-state index contributed by atoms with van der Waals surface area (Å²) in [6.45, 7) is 1.96. The molecule has 25 heavy (non-hydrogen) atoms. The smallest absolute Gasteiger partial charge is 0.416 e. The van der Waals surface area contributed by atoms with Gasteiger partial charge in [0.15, 0.2) is 0 Å². The Bertz CT molecular complexity index is 688. The molecule has 136 valence electrons. The summed E-state index contributed by atoms with van der Waals surface area (Å²) in [5.41, 5.74) is -0.0316. The number of nitrogens with one attached hydrogen (secondary N) is 1. The van der Waals surface area contributed by atoms with Gasteiger partial charge in [-0.25, -0.2) is 0 Å². The highest BCUT2D eigenvalue weighted by Crippen LogP contribution is 2.34. The van der Waals surface area contributed by atoms with Crippen LogP contribution in [-0.2, 0) is 6.18 Å². The molecule has 0 bridgehead atoms. The zero-order valence-corrected chi connectivity index (χ0v) is 14.2. The highest BCUT2D eigenvalue weighted by atomic mass is 19.4. The summed E-state index contributed by atoms with van der Waals surface area (Å²) in [7, 11) is 1.57. The Balaban J connectivity index is 2.15. The molecule has 0 aliphatic rings. The number of hydrogen-bond donors (Lipinski definition) is 2. The van der Waals surface area contributed by atoms with E-state index in [1.54, 1.807) is 7.11 Å². The van der Waals surface area contributed by atoms with Crippen LogP contribution in [0.3, 0.4) is 0 Å². The van der Waals surface area contributed by atoms with Crippen molar-refractivity contribution in [3.63, 3.8) is 0 Å². The molecule has 0 amide bonds. The molecule has 0 spiro atoms. The van der Waals surface area contributed by atoms with Crippen molar-refractivity contribution in [3.05, 3.63) is 65.2 Å². The summed E-state index contributed by atoms with van der Waals surface area (Å²) in [6, 6.07) is 12.4. The number of aliphatic hydroxyl groups is 1. The van der Waals surface area contributed by atoms with Gasteiger partial charge < -0.3 is 15.2 Å². The average Bonchev–Trinajstić information content (AvgIpc) is 2.61. The molecule has 0 aliphatic heterocycles. The van der Waals surface area contributed by atoms with Gasteiger partial charge in [-0.15, -0.1) is 0 Å². The third-order valence-corrected chi connectivity index (χ3v) is 4.11. The van der Waals surface area contributed by atoms with E-state index < -0.39 is 17.8 Å². The van der Waals surface area contributed by atoms with E-state index in [0.29, 0.717) is 12.2 Å². The van der Waals surface area contributed by atoms with Crippen molar-refractivity contribution in [2.75, 3.05) is 13.7 Å². The molecule has 2 unspecified atom stereocenters. The molecule has 0 radical (unpaired) electrons. The lowest BCUT2D eigenvalue weighted by Crippen LogP contribution is -2.27. The molecule has 0 fully saturated rings. The van der Waals surface area contributed by atoms with Crippen molar-refractivity contribution in [2.45, 2.75) is 31.7 Å². The molecule has 2 aromatic carbocycles. The van der Waals surface area contributed by atoms with Crippen molar-refractivity contribution in [1.29, 1.82) is 0 Å². The fourth-order valence-electron chi connectivity index (χ4n) is 2.84. The molecular formula is C19H22F3NO2. The first-order valence-electron chi connectivity index (χ1n) is 8.09. The summed E-state index contributed by atoms with van der Waals surface area (Å²) in [4.78, 5) is 0. The van der Waals surface area contributed by atoms with Gasteiger partial charge in [0.25, 0.3) is 0 Å². The summed E-state index contributed by atoms with van der Waals surface area (Å²) >= 11 is 0. The Morgan fingerprint density at radius 3 is 2.24 bits per heavy atom. The molecule has 2 N–H and O–H groups in total. The maximum Gasteiger partial charge on any atom is 0.416 e. The van der Waals surface area contributed by atoms with Gasteiger partial charge in [0.2, 0.25) is 0 Å². The van der Waals surface area contributed by atoms with E-state index in [4.69, 9.17) is 4.74 Å². The van der Waals surface area contributed by atoms with Crippen LogP contribution in [-0.4, -0.2) is 18.8 Å². The largest absolute Gasteiger partial charge is 0.496 e. The van der Waals surface area contributed by atoms with Crippen molar-refractivity contribution in [2.24, 2.45) is 0 Å². The maximum absolute atomic E-state index is 13.1. The molecule has 3 nitrogen and oxygen atoms in total. The first kappa shape index (κ1) is 19.3. The molecule has 6 heteroatoms. The minimum absolute atomic E-state index is 0.00362. The van der Waals surface area contributed by atoms with Crippen LogP contribution in [0.15, 0.2) is 48.5 Å². The Labute approximate surface area is 145 Å². The van der Waals surface area contributed by atoms with Crippen LogP contribution in [0, 0.1) is 0 Å². The fourth-order valence-corrected chi connectivity index (χ4v) is 2.84. The molecule has 2 aromatic rings. The fraction of sp³-hybridized carbons (Fsp3) is 0.368. The number of hydrogen-bond acceptors (Lipinski definition) is 3. The molecule has 0 aromatic heterocycles. The van der Waals surface area contributed by atoms with E-state index in [1.165, 1.54) is 18.2 Å². The number of aliphatic hydroxyl groups excluding tert-OH is 1. The third-order valence-electron chi connectivity index (χ3n) is 4.11. The predicted octanol–water partition coefficient (Wildman–Crippen LogP) is 4.49. The lowest BCUT2D eigenvalue weighted by Gasteiger charge is -2.23. The standard InChI is InChI=1S/C19H22F3NO2/c1-3-16(14-9-5-7-11-18(14)25-2)23-12-17(24)13-8-4-6-10-15(13)19(20,21)22/h4-11,16-17,23-24H,3,12H2,1-2H3. The predicted molar refractivity (Wildman–Crippen MR) is 90.4 cm³/mol. The Hall–Kier alpha value is -2.05. The molecule has 2 rings (SSSR count). The number of rotatable bonds is 7. The molecule has 0 heterocycles. The van der Waals surface area contributed by atoms with E-state index in [-0.39, 0.29) is 18.2 Å². The monoisotopic (exact) mass is 353 g/mol. The lowest BCUT2D eigenvalue weighted by atomic mass is 10.00. The van der Waals surface area contributed by atoms with Crippen LogP contribution in [0.1, 0.15) is 42.2 Å². The first-order chi connectivity index (χ1) is 11.9. The van der Waals surface area contributed by atoms with E-state index in [2.05, 4.69) is 5.32 Å². The number of methoxy groups -OCH3 is 1. The molecule has 0 saturated heterocycles. The number of alkyl halides is 3. The second-order valence-corrected chi connectivity index (χ2v) is 5.71.